The molecule has 118 valence electrons. The highest BCUT2D eigenvalue weighted by molar-refractivity contribution is 6.42. The third kappa shape index (κ3) is 3.10. The van der Waals surface area contributed by atoms with Crippen LogP contribution in [0.25, 0.3) is 0 Å². The van der Waals surface area contributed by atoms with Crippen molar-refractivity contribution in [3.8, 4) is 0 Å². The van der Waals surface area contributed by atoms with Crippen molar-refractivity contribution in [2.75, 3.05) is 26.2 Å². The Labute approximate surface area is 136 Å². The number of hydrogen-bond donors (Lipinski definition) is 2. The van der Waals surface area contributed by atoms with E-state index < -0.39 is 0 Å². The van der Waals surface area contributed by atoms with Crippen molar-refractivity contribution in [1.82, 2.24) is 10.2 Å². The normalized spacial score (nSPS) is 24.5. The zero-order valence-electron chi connectivity index (χ0n) is 12.8. The summed E-state index contributed by atoms with van der Waals surface area (Å²) in [6.45, 7) is 5.93. The summed E-state index contributed by atoms with van der Waals surface area (Å²) >= 11 is 6.14. The average molecular weight is 320 g/mol. The standard InChI is InChI=1S/C16H22ClN5/c1-11-2-3-12-10-13(17)4-5-14(12)20-16(15(11)21-18)22-8-6-19-7-9-22/h4-5,10-11,19H,2-3,6-9,18H2,1H3/b20-16?,21-15+. The molecular weight excluding hydrogens is 298 g/mol. The van der Waals surface area contributed by atoms with Crippen LogP contribution >= 0.6 is 11.6 Å². The number of aliphatic imine (C=N–C) groups is 1. The van der Waals surface area contributed by atoms with Crippen LogP contribution in [0.15, 0.2) is 28.3 Å². The molecule has 2 heterocycles. The van der Waals surface area contributed by atoms with Gasteiger partial charge in [-0.2, -0.15) is 5.10 Å². The van der Waals surface area contributed by atoms with Crippen LogP contribution in [0.5, 0.6) is 0 Å². The van der Waals surface area contributed by atoms with Crippen molar-refractivity contribution in [2.45, 2.75) is 19.8 Å². The van der Waals surface area contributed by atoms with Crippen LogP contribution in [0.1, 0.15) is 18.9 Å². The van der Waals surface area contributed by atoms with E-state index in [0.29, 0.717) is 0 Å². The first-order valence-electron chi connectivity index (χ1n) is 7.80. The number of nitrogens with two attached hydrogens (primary N) is 1. The first kappa shape index (κ1) is 15.3. The van der Waals surface area contributed by atoms with Gasteiger partial charge in [-0.25, -0.2) is 4.99 Å². The van der Waals surface area contributed by atoms with Crippen molar-refractivity contribution >= 4 is 28.8 Å². The fourth-order valence-electron chi connectivity index (χ4n) is 3.06. The minimum atomic E-state index is 0.283. The van der Waals surface area contributed by atoms with E-state index in [9.17, 15) is 0 Å². The highest BCUT2D eigenvalue weighted by Crippen LogP contribution is 2.29. The van der Waals surface area contributed by atoms with Crippen LogP contribution in [0.2, 0.25) is 5.02 Å². The van der Waals surface area contributed by atoms with E-state index >= 15 is 0 Å². The number of nitrogens with zero attached hydrogens (tertiary/aromatic N) is 3. The largest absolute Gasteiger partial charge is 0.352 e. The second kappa shape index (κ2) is 6.67. The SMILES string of the molecule is CC1CCc2cc(Cl)ccc2N=C(N2CCNCC2)/C1=N/N. The Morgan fingerprint density at radius 3 is 2.86 bits per heavy atom. The lowest BCUT2D eigenvalue weighted by Crippen LogP contribution is -2.50. The van der Waals surface area contributed by atoms with Crippen molar-refractivity contribution in [3.05, 3.63) is 28.8 Å². The molecule has 1 fully saturated rings. The summed E-state index contributed by atoms with van der Waals surface area (Å²) in [5, 5.41) is 8.20. The summed E-state index contributed by atoms with van der Waals surface area (Å²) < 4.78 is 0. The summed E-state index contributed by atoms with van der Waals surface area (Å²) in [7, 11) is 0. The zero-order chi connectivity index (χ0) is 15.5. The van der Waals surface area contributed by atoms with Crippen LogP contribution in [-0.4, -0.2) is 42.6 Å². The van der Waals surface area contributed by atoms with Gasteiger partial charge < -0.3 is 16.1 Å². The maximum atomic E-state index is 6.14. The number of amidine groups is 1. The number of benzene rings is 1. The molecular formula is C16H22ClN5. The highest BCUT2D eigenvalue weighted by Gasteiger charge is 2.26. The Kier molecular flexibility index (Phi) is 4.64. The van der Waals surface area contributed by atoms with Crippen LogP contribution in [0, 0.1) is 5.92 Å². The first-order chi connectivity index (χ1) is 10.7. The molecule has 2 aliphatic heterocycles. The smallest absolute Gasteiger partial charge is 0.153 e. The van der Waals surface area contributed by atoms with Gasteiger partial charge >= 0.3 is 0 Å². The lowest BCUT2D eigenvalue weighted by molar-refractivity contribution is 0.359. The fraction of sp³-hybridized carbons (Fsp3) is 0.500. The third-order valence-electron chi connectivity index (χ3n) is 4.37. The summed E-state index contributed by atoms with van der Waals surface area (Å²) in [5.41, 5.74) is 3.08. The van der Waals surface area contributed by atoms with E-state index in [1.165, 1.54) is 5.56 Å². The molecule has 3 rings (SSSR count). The highest BCUT2D eigenvalue weighted by atomic mass is 35.5. The average Bonchev–Trinajstić information content (AvgIpc) is 2.53. The molecule has 2 aliphatic rings. The lowest BCUT2D eigenvalue weighted by Gasteiger charge is -2.33. The van der Waals surface area contributed by atoms with Crippen LogP contribution in [0.3, 0.4) is 0 Å². The van der Waals surface area contributed by atoms with Gasteiger partial charge in [-0.15, -0.1) is 0 Å². The number of halogens is 1. The molecule has 1 aromatic rings. The van der Waals surface area contributed by atoms with Crippen LogP contribution in [0.4, 0.5) is 5.69 Å². The molecule has 0 bridgehead atoms. The zero-order valence-corrected chi connectivity index (χ0v) is 13.6. The number of hydrazone groups is 1. The predicted octanol–water partition coefficient (Wildman–Crippen LogP) is 2.17. The lowest BCUT2D eigenvalue weighted by atomic mass is 9.93. The minimum absolute atomic E-state index is 0.283. The van der Waals surface area contributed by atoms with E-state index in [4.69, 9.17) is 22.4 Å². The Morgan fingerprint density at radius 1 is 1.36 bits per heavy atom. The second-order valence-corrected chi connectivity index (χ2v) is 6.34. The Balaban J connectivity index is 2.07. The quantitative estimate of drug-likeness (QED) is 0.569. The van der Waals surface area contributed by atoms with E-state index in [1.54, 1.807) is 0 Å². The molecule has 3 N–H and O–H groups in total. The van der Waals surface area contributed by atoms with Gasteiger partial charge in [0.25, 0.3) is 0 Å². The number of nitrogens with one attached hydrogen (secondary N) is 1. The Morgan fingerprint density at radius 2 is 2.14 bits per heavy atom. The maximum Gasteiger partial charge on any atom is 0.153 e. The Hall–Kier alpha value is -1.59. The molecule has 6 heteroatoms. The molecule has 0 radical (unpaired) electrons. The number of piperazine rings is 1. The van der Waals surface area contributed by atoms with Crippen molar-refractivity contribution < 1.29 is 0 Å². The molecule has 0 saturated carbocycles. The van der Waals surface area contributed by atoms with Gasteiger partial charge in [0.15, 0.2) is 5.84 Å². The summed E-state index contributed by atoms with van der Waals surface area (Å²) in [4.78, 5) is 7.19. The Bertz CT molecular complexity index is 605. The van der Waals surface area contributed by atoms with Gasteiger partial charge in [-0.05, 0) is 36.6 Å². The summed E-state index contributed by atoms with van der Waals surface area (Å²) in [5.74, 6) is 6.90. The second-order valence-electron chi connectivity index (χ2n) is 5.90. The monoisotopic (exact) mass is 319 g/mol. The van der Waals surface area contributed by atoms with Gasteiger partial charge in [0.2, 0.25) is 0 Å². The van der Waals surface area contributed by atoms with Gasteiger partial charge in [-0.1, -0.05) is 18.5 Å². The fourth-order valence-corrected chi connectivity index (χ4v) is 3.25. The van der Waals surface area contributed by atoms with Crippen LogP contribution in [-0.2, 0) is 6.42 Å². The molecule has 0 spiro atoms. The molecule has 1 unspecified atom stereocenters. The van der Waals surface area contributed by atoms with Gasteiger partial charge in [0.1, 0.15) is 5.71 Å². The molecule has 22 heavy (non-hydrogen) atoms. The van der Waals surface area contributed by atoms with Crippen molar-refractivity contribution in [3.63, 3.8) is 0 Å². The first-order valence-corrected chi connectivity index (χ1v) is 8.17. The third-order valence-corrected chi connectivity index (χ3v) is 4.60. The molecule has 1 saturated heterocycles. The summed E-state index contributed by atoms with van der Waals surface area (Å²) in [6, 6.07) is 5.90. The van der Waals surface area contributed by atoms with E-state index in [-0.39, 0.29) is 5.92 Å². The number of fused-ring (bicyclic) bond motifs is 1. The maximum absolute atomic E-state index is 6.14. The molecule has 1 aromatic carbocycles. The van der Waals surface area contributed by atoms with E-state index in [1.807, 2.05) is 18.2 Å². The molecule has 0 aliphatic carbocycles. The van der Waals surface area contributed by atoms with Gasteiger partial charge in [-0.3, -0.25) is 0 Å². The molecule has 0 aromatic heterocycles. The van der Waals surface area contributed by atoms with Gasteiger partial charge in [0, 0.05) is 37.1 Å². The number of hydrogen-bond acceptors (Lipinski definition) is 5. The molecule has 0 amide bonds. The molecule has 5 nitrogen and oxygen atoms in total. The van der Waals surface area contributed by atoms with Gasteiger partial charge in [0.05, 0.1) is 5.69 Å². The van der Waals surface area contributed by atoms with Crippen LogP contribution < -0.4 is 11.2 Å². The summed E-state index contributed by atoms with van der Waals surface area (Å²) in [6.07, 6.45) is 1.93. The predicted molar refractivity (Wildman–Crippen MR) is 92.1 cm³/mol. The number of aryl methyl sites for hydroxylation is 1. The van der Waals surface area contributed by atoms with E-state index in [2.05, 4.69) is 22.2 Å². The number of rotatable bonds is 0. The molecule has 1 atom stereocenters. The van der Waals surface area contributed by atoms with E-state index in [0.717, 1.165) is 61.3 Å². The topological polar surface area (TPSA) is 66.0 Å². The minimum Gasteiger partial charge on any atom is -0.352 e. The van der Waals surface area contributed by atoms with Crippen molar-refractivity contribution in [2.24, 2.45) is 21.9 Å². The van der Waals surface area contributed by atoms with Crippen molar-refractivity contribution in [1.29, 1.82) is 0 Å².